The van der Waals surface area contributed by atoms with Crippen LogP contribution in [0.25, 0.3) is 10.4 Å². The third kappa shape index (κ3) is 3.33. The Morgan fingerprint density at radius 1 is 1.07 bits per heavy atom. The van der Waals surface area contributed by atoms with Gasteiger partial charge in [-0.05, 0) is 36.4 Å². The monoisotopic (exact) mass is 386 g/mol. The molecular weight excluding hydrogens is 374 g/mol. The van der Waals surface area contributed by atoms with Crippen molar-refractivity contribution in [3.05, 3.63) is 76.2 Å². The highest BCUT2D eigenvalue weighted by atomic mass is 32.1. The van der Waals surface area contributed by atoms with Gasteiger partial charge in [0.15, 0.2) is 24.0 Å². The van der Waals surface area contributed by atoms with E-state index in [1.54, 1.807) is 6.07 Å². The topological polar surface area (TPSA) is 52.6 Å². The third-order valence-electron chi connectivity index (χ3n) is 4.10. The first-order chi connectivity index (χ1) is 13.0. The van der Waals surface area contributed by atoms with E-state index in [9.17, 15) is 18.4 Å². The van der Waals surface area contributed by atoms with Crippen LogP contribution >= 0.6 is 11.3 Å². The van der Waals surface area contributed by atoms with Gasteiger partial charge in [0.1, 0.15) is 17.2 Å². The van der Waals surface area contributed by atoms with Crippen LogP contribution in [0.3, 0.4) is 0 Å². The maximum atomic E-state index is 13.2. The van der Waals surface area contributed by atoms with E-state index in [4.69, 9.17) is 9.47 Å². The molecule has 0 amide bonds. The highest BCUT2D eigenvalue weighted by Crippen LogP contribution is 2.42. The molecule has 0 spiro atoms. The van der Waals surface area contributed by atoms with E-state index in [2.05, 4.69) is 0 Å². The lowest BCUT2D eigenvalue weighted by molar-refractivity contribution is 0.0479. The van der Waals surface area contributed by atoms with Crippen molar-refractivity contribution in [1.82, 2.24) is 0 Å². The van der Waals surface area contributed by atoms with Crippen LogP contribution in [0.1, 0.15) is 25.6 Å². The Morgan fingerprint density at radius 2 is 1.89 bits per heavy atom. The minimum absolute atomic E-state index is 0.0606. The number of halogens is 2. The van der Waals surface area contributed by atoms with Gasteiger partial charge in [0, 0.05) is 21.6 Å². The second kappa shape index (κ2) is 6.92. The quantitative estimate of drug-likeness (QED) is 0.485. The summed E-state index contributed by atoms with van der Waals surface area (Å²) < 4.78 is 36.8. The molecule has 0 radical (unpaired) electrons. The molecule has 0 bridgehead atoms. The first-order valence-corrected chi connectivity index (χ1v) is 8.85. The molecule has 1 aliphatic heterocycles. The molecule has 136 valence electrons. The molecule has 1 aromatic heterocycles. The number of rotatable bonds is 4. The van der Waals surface area contributed by atoms with Gasteiger partial charge in [-0.1, -0.05) is 12.1 Å². The zero-order valence-corrected chi connectivity index (χ0v) is 14.6. The summed E-state index contributed by atoms with van der Waals surface area (Å²) in [7, 11) is 0. The fraction of sp³-hybridized carbons (Fsp3) is 0.100. The first kappa shape index (κ1) is 17.4. The van der Waals surface area contributed by atoms with Crippen LogP contribution in [0.5, 0.6) is 5.75 Å². The Labute approximate surface area is 157 Å². The number of hydrogen-bond acceptors (Lipinski definition) is 5. The molecule has 3 aromatic rings. The van der Waals surface area contributed by atoms with Crippen molar-refractivity contribution >= 4 is 23.1 Å². The fourth-order valence-electron chi connectivity index (χ4n) is 2.76. The Balaban J connectivity index is 1.48. The lowest BCUT2D eigenvalue weighted by Crippen LogP contribution is -2.14. The van der Waals surface area contributed by atoms with Gasteiger partial charge in [0.05, 0.1) is 0 Å². The predicted molar refractivity (Wildman–Crippen MR) is 95.1 cm³/mol. The number of thiophene rings is 1. The van der Waals surface area contributed by atoms with Crippen LogP contribution in [0.2, 0.25) is 0 Å². The summed E-state index contributed by atoms with van der Waals surface area (Å²) in [5.41, 5.74) is 1.72. The molecule has 27 heavy (non-hydrogen) atoms. The number of para-hydroxylation sites is 1. The summed E-state index contributed by atoms with van der Waals surface area (Å²) in [6.45, 7) is -0.205. The largest absolute Gasteiger partial charge is 0.488 e. The van der Waals surface area contributed by atoms with E-state index in [0.29, 0.717) is 11.5 Å². The maximum Gasteiger partial charge on any atom is 0.348 e. The fourth-order valence-corrected chi connectivity index (χ4v) is 3.85. The SMILES string of the molecule is O=C(COC(=O)c1cc2c(s1)-c1ccccc1OC2)c1ccc(F)c(F)c1. The Morgan fingerprint density at radius 3 is 2.70 bits per heavy atom. The van der Waals surface area contributed by atoms with Crippen LogP contribution in [-0.2, 0) is 11.3 Å². The van der Waals surface area contributed by atoms with E-state index in [0.717, 1.165) is 40.0 Å². The Kier molecular flexibility index (Phi) is 4.45. The van der Waals surface area contributed by atoms with Gasteiger partial charge in [0.2, 0.25) is 0 Å². The van der Waals surface area contributed by atoms with Gasteiger partial charge < -0.3 is 9.47 Å². The highest BCUT2D eigenvalue weighted by molar-refractivity contribution is 7.17. The number of ether oxygens (including phenoxy) is 2. The van der Waals surface area contributed by atoms with Crippen molar-refractivity contribution in [3.8, 4) is 16.2 Å². The summed E-state index contributed by atoms with van der Waals surface area (Å²) in [4.78, 5) is 25.6. The van der Waals surface area contributed by atoms with Gasteiger partial charge in [-0.3, -0.25) is 4.79 Å². The van der Waals surface area contributed by atoms with Gasteiger partial charge in [-0.2, -0.15) is 0 Å². The Hall–Kier alpha value is -3.06. The first-order valence-electron chi connectivity index (χ1n) is 8.03. The third-order valence-corrected chi connectivity index (χ3v) is 5.29. The number of fused-ring (bicyclic) bond motifs is 3. The molecule has 4 nitrogen and oxygen atoms in total. The van der Waals surface area contributed by atoms with Crippen LogP contribution in [0.15, 0.2) is 48.5 Å². The van der Waals surface area contributed by atoms with Crippen LogP contribution in [0, 0.1) is 11.6 Å². The molecule has 0 atom stereocenters. The number of carbonyl (C=O) groups excluding carboxylic acids is 2. The van der Waals surface area contributed by atoms with Crippen LogP contribution in [-0.4, -0.2) is 18.4 Å². The summed E-state index contributed by atoms with van der Waals surface area (Å²) in [5.74, 6) is -2.69. The average molecular weight is 386 g/mol. The van der Waals surface area contributed by atoms with E-state index in [-0.39, 0.29) is 5.56 Å². The molecule has 0 aliphatic carbocycles. The molecule has 0 unspecified atom stereocenters. The number of esters is 1. The summed E-state index contributed by atoms with van der Waals surface area (Å²) in [5, 5.41) is 0. The molecule has 0 fully saturated rings. The van der Waals surface area contributed by atoms with E-state index < -0.39 is 30.0 Å². The number of Topliss-reactive ketones (excluding diaryl/α,β-unsaturated/α-hetero) is 1. The smallest absolute Gasteiger partial charge is 0.348 e. The molecule has 2 heterocycles. The van der Waals surface area contributed by atoms with Crippen LogP contribution in [0.4, 0.5) is 8.78 Å². The number of hydrogen-bond donors (Lipinski definition) is 0. The van der Waals surface area contributed by atoms with Crippen molar-refractivity contribution in [2.45, 2.75) is 6.61 Å². The Bertz CT molecular complexity index is 1060. The zero-order chi connectivity index (χ0) is 19.0. The van der Waals surface area contributed by atoms with Crippen LogP contribution < -0.4 is 4.74 Å². The lowest BCUT2D eigenvalue weighted by atomic mass is 10.1. The molecule has 0 saturated heterocycles. The second-order valence-corrected chi connectivity index (χ2v) is 6.93. The molecule has 1 aliphatic rings. The molecular formula is C20H12F2O4S. The minimum Gasteiger partial charge on any atom is -0.488 e. The van der Waals surface area contributed by atoms with E-state index in [1.807, 2.05) is 24.3 Å². The zero-order valence-electron chi connectivity index (χ0n) is 13.8. The molecule has 2 aromatic carbocycles. The van der Waals surface area contributed by atoms with Gasteiger partial charge >= 0.3 is 5.97 Å². The molecule has 7 heteroatoms. The number of carbonyl (C=O) groups is 2. The maximum absolute atomic E-state index is 13.2. The highest BCUT2D eigenvalue weighted by Gasteiger charge is 2.23. The second-order valence-electron chi connectivity index (χ2n) is 5.88. The van der Waals surface area contributed by atoms with Crippen molar-refractivity contribution in [3.63, 3.8) is 0 Å². The van der Waals surface area contributed by atoms with E-state index in [1.165, 1.54) is 11.3 Å². The summed E-state index contributed by atoms with van der Waals surface area (Å²) >= 11 is 1.26. The van der Waals surface area contributed by atoms with Gasteiger partial charge in [0.25, 0.3) is 0 Å². The van der Waals surface area contributed by atoms with E-state index >= 15 is 0 Å². The van der Waals surface area contributed by atoms with Gasteiger partial charge in [-0.15, -0.1) is 11.3 Å². The van der Waals surface area contributed by atoms with Crippen molar-refractivity contribution in [1.29, 1.82) is 0 Å². The van der Waals surface area contributed by atoms with Crippen molar-refractivity contribution in [2.24, 2.45) is 0 Å². The molecule has 0 saturated carbocycles. The normalized spacial score (nSPS) is 11.9. The molecule has 0 N–H and O–H groups in total. The minimum atomic E-state index is -1.13. The van der Waals surface area contributed by atoms with Crippen molar-refractivity contribution in [2.75, 3.05) is 6.61 Å². The summed E-state index contributed by atoms with van der Waals surface area (Å²) in [6, 6.07) is 12.0. The van der Waals surface area contributed by atoms with Crippen molar-refractivity contribution < 1.29 is 27.8 Å². The lowest BCUT2D eigenvalue weighted by Gasteiger charge is -2.16. The summed E-state index contributed by atoms with van der Waals surface area (Å²) in [6.07, 6.45) is 0. The number of benzene rings is 2. The molecule has 4 rings (SSSR count). The average Bonchev–Trinajstić information content (AvgIpc) is 3.13. The van der Waals surface area contributed by atoms with Gasteiger partial charge in [-0.25, -0.2) is 13.6 Å². The predicted octanol–water partition coefficient (Wildman–Crippen LogP) is 4.63. The standard InChI is InChI=1S/C20H12F2O4S/c21-14-6-5-11(7-15(14)22)16(23)10-26-20(24)18-8-12-9-25-17-4-2-1-3-13(17)19(12)27-18/h1-8H,9-10H2. The number of ketones is 1.